The minimum atomic E-state index is -4.60. The highest BCUT2D eigenvalue weighted by Gasteiger charge is 2.45. The van der Waals surface area contributed by atoms with Crippen molar-refractivity contribution in [2.24, 2.45) is 0 Å². The van der Waals surface area contributed by atoms with Crippen LogP contribution in [0.25, 0.3) is 11.0 Å². The maximum atomic E-state index is 13.2. The van der Waals surface area contributed by atoms with Gasteiger partial charge in [0.1, 0.15) is 11.5 Å². The zero-order valence-electron chi connectivity index (χ0n) is 14.2. The van der Waals surface area contributed by atoms with Crippen molar-refractivity contribution in [3.8, 4) is 0 Å². The molecule has 4 heterocycles. The highest BCUT2D eigenvalue weighted by atomic mass is 19.4. The van der Waals surface area contributed by atoms with E-state index in [0.717, 1.165) is 6.20 Å². The molecule has 11 heteroatoms. The van der Waals surface area contributed by atoms with Gasteiger partial charge in [0.15, 0.2) is 5.65 Å². The molecule has 0 saturated carbocycles. The van der Waals surface area contributed by atoms with Crippen molar-refractivity contribution in [1.29, 1.82) is 0 Å². The molecule has 3 aromatic rings. The summed E-state index contributed by atoms with van der Waals surface area (Å²) in [5, 5.41) is 3.30. The van der Waals surface area contributed by atoms with E-state index in [2.05, 4.69) is 25.3 Å². The third kappa shape index (κ3) is 3.51. The van der Waals surface area contributed by atoms with Gasteiger partial charge < -0.3 is 10.2 Å². The summed E-state index contributed by atoms with van der Waals surface area (Å²) in [4.78, 5) is 17.2. The first-order valence-corrected chi connectivity index (χ1v) is 8.23. The normalized spacial score (nSPS) is 16.1. The maximum absolute atomic E-state index is 13.2. The van der Waals surface area contributed by atoms with Gasteiger partial charge in [0.05, 0.1) is 18.5 Å². The fourth-order valence-electron chi connectivity index (χ4n) is 2.90. The number of anilines is 2. The number of aromatic nitrogens is 4. The average Bonchev–Trinajstić information content (AvgIpc) is 2.63. The van der Waals surface area contributed by atoms with Gasteiger partial charge in [0.25, 0.3) is 5.92 Å². The van der Waals surface area contributed by atoms with Crippen LogP contribution >= 0.6 is 0 Å². The molecule has 0 radical (unpaired) electrons. The summed E-state index contributed by atoms with van der Waals surface area (Å²) in [5.41, 5.74) is -0.809. The molecular weight excluding hydrogens is 383 g/mol. The molecule has 0 aromatic carbocycles. The molecule has 1 fully saturated rings. The topological polar surface area (TPSA) is 66.8 Å². The van der Waals surface area contributed by atoms with E-state index in [1.54, 1.807) is 12.1 Å². The van der Waals surface area contributed by atoms with E-state index in [1.165, 1.54) is 23.2 Å². The quantitative estimate of drug-likeness (QED) is 0.681. The van der Waals surface area contributed by atoms with Crippen molar-refractivity contribution < 1.29 is 22.0 Å². The SMILES string of the molecule is FC1(F)CN(c2nc(NCc3cccnc3C(F)(F)F)c3cccnc3n2)C1. The van der Waals surface area contributed by atoms with Gasteiger partial charge in [-0.1, -0.05) is 6.07 Å². The maximum Gasteiger partial charge on any atom is 0.433 e. The predicted molar refractivity (Wildman–Crippen MR) is 91.1 cm³/mol. The Hall–Kier alpha value is -3.11. The molecule has 0 bridgehead atoms. The second kappa shape index (κ2) is 6.50. The van der Waals surface area contributed by atoms with E-state index in [9.17, 15) is 22.0 Å². The van der Waals surface area contributed by atoms with Crippen LogP contribution in [0.4, 0.5) is 33.7 Å². The lowest BCUT2D eigenvalue weighted by molar-refractivity contribution is -0.141. The van der Waals surface area contributed by atoms with Crippen LogP contribution in [-0.4, -0.2) is 38.9 Å². The van der Waals surface area contributed by atoms with Crippen LogP contribution in [0.1, 0.15) is 11.3 Å². The van der Waals surface area contributed by atoms with Crippen LogP contribution in [0.5, 0.6) is 0 Å². The van der Waals surface area contributed by atoms with Gasteiger partial charge in [-0.3, -0.25) is 4.98 Å². The minimum absolute atomic E-state index is 0.0434. The standard InChI is InChI=1S/C17H13F5N6/c18-16(19)8-28(9-16)15-26-13-11(4-2-6-24-13)14(27-15)25-7-10-3-1-5-23-12(10)17(20,21)22/h1-6H,7-9H2,(H,24,25,26,27). The highest BCUT2D eigenvalue weighted by molar-refractivity contribution is 5.87. The lowest BCUT2D eigenvalue weighted by atomic mass is 10.1. The lowest BCUT2D eigenvalue weighted by Gasteiger charge is -2.38. The Labute approximate surface area is 155 Å². The predicted octanol–water partition coefficient (Wildman–Crippen LogP) is 3.51. The van der Waals surface area contributed by atoms with E-state index in [4.69, 9.17) is 0 Å². The van der Waals surface area contributed by atoms with Crippen molar-refractivity contribution >= 4 is 22.8 Å². The highest BCUT2D eigenvalue weighted by Crippen LogP contribution is 2.33. The molecule has 6 nitrogen and oxygen atoms in total. The number of hydrogen-bond donors (Lipinski definition) is 1. The number of hydrogen-bond acceptors (Lipinski definition) is 6. The Morgan fingerprint density at radius 1 is 1.04 bits per heavy atom. The van der Waals surface area contributed by atoms with Gasteiger partial charge >= 0.3 is 6.18 Å². The zero-order valence-corrected chi connectivity index (χ0v) is 14.2. The van der Waals surface area contributed by atoms with Crippen molar-refractivity contribution in [1.82, 2.24) is 19.9 Å². The van der Waals surface area contributed by atoms with Crippen LogP contribution in [0.15, 0.2) is 36.7 Å². The molecule has 1 saturated heterocycles. The number of rotatable bonds is 4. The van der Waals surface area contributed by atoms with Gasteiger partial charge in [-0.2, -0.15) is 23.1 Å². The molecule has 0 amide bonds. The second-order valence-corrected chi connectivity index (χ2v) is 6.32. The minimum Gasteiger partial charge on any atom is -0.365 e. The van der Waals surface area contributed by atoms with Gasteiger partial charge in [-0.05, 0) is 18.2 Å². The van der Waals surface area contributed by atoms with Crippen molar-refractivity contribution in [3.05, 3.63) is 47.9 Å². The number of alkyl halides is 5. The van der Waals surface area contributed by atoms with E-state index in [1.807, 2.05) is 0 Å². The van der Waals surface area contributed by atoms with Crippen molar-refractivity contribution in [3.63, 3.8) is 0 Å². The Bertz CT molecular complexity index is 1010. The summed E-state index contributed by atoms with van der Waals surface area (Å²) in [5.74, 6) is -2.56. The molecule has 0 unspecified atom stereocenters. The summed E-state index contributed by atoms with van der Waals surface area (Å²) in [6.45, 7) is -1.25. The molecule has 1 aliphatic heterocycles. The lowest BCUT2D eigenvalue weighted by Crippen LogP contribution is -2.57. The van der Waals surface area contributed by atoms with Crippen molar-refractivity contribution in [2.45, 2.75) is 18.6 Å². The molecule has 0 atom stereocenters. The fourth-order valence-corrected chi connectivity index (χ4v) is 2.90. The third-order valence-electron chi connectivity index (χ3n) is 4.19. The molecule has 4 rings (SSSR count). The summed E-state index contributed by atoms with van der Waals surface area (Å²) in [6.07, 6.45) is -2.04. The molecule has 1 N–H and O–H groups in total. The molecule has 0 aliphatic carbocycles. The fraction of sp³-hybridized carbons (Fsp3) is 0.294. The zero-order chi connectivity index (χ0) is 19.9. The van der Waals surface area contributed by atoms with Gasteiger partial charge in [-0.15, -0.1) is 0 Å². The molecule has 3 aromatic heterocycles. The molecule has 146 valence electrons. The Morgan fingerprint density at radius 3 is 2.46 bits per heavy atom. The van der Waals surface area contributed by atoms with Gasteiger partial charge in [0, 0.05) is 24.5 Å². The van der Waals surface area contributed by atoms with E-state index in [-0.39, 0.29) is 29.5 Å². The monoisotopic (exact) mass is 396 g/mol. The number of pyridine rings is 2. The smallest absolute Gasteiger partial charge is 0.365 e. The Morgan fingerprint density at radius 2 is 1.75 bits per heavy atom. The first kappa shape index (κ1) is 18.3. The average molecular weight is 396 g/mol. The van der Waals surface area contributed by atoms with Gasteiger partial charge in [-0.25, -0.2) is 13.8 Å². The first-order chi connectivity index (χ1) is 13.2. The molecule has 28 heavy (non-hydrogen) atoms. The molecular formula is C17H13F5N6. The first-order valence-electron chi connectivity index (χ1n) is 8.23. The van der Waals surface area contributed by atoms with Crippen LogP contribution in [0.2, 0.25) is 0 Å². The Balaban J connectivity index is 1.66. The number of halogens is 5. The summed E-state index contributed by atoms with van der Waals surface area (Å²) < 4.78 is 65.7. The number of fused-ring (bicyclic) bond motifs is 1. The van der Waals surface area contributed by atoms with Crippen LogP contribution in [-0.2, 0) is 12.7 Å². The second-order valence-electron chi connectivity index (χ2n) is 6.32. The third-order valence-corrected chi connectivity index (χ3v) is 4.19. The van der Waals surface area contributed by atoms with E-state index in [0.29, 0.717) is 5.39 Å². The van der Waals surface area contributed by atoms with Gasteiger partial charge in [0.2, 0.25) is 5.95 Å². The van der Waals surface area contributed by atoms with E-state index < -0.39 is 30.9 Å². The molecule has 0 spiro atoms. The molecule has 1 aliphatic rings. The summed E-state index contributed by atoms with van der Waals surface area (Å²) >= 11 is 0. The van der Waals surface area contributed by atoms with E-state index >= 15 is 0 Å². The number of nitrogens with zero attached hydrogens (tertiary/aromatic N) is 5. The van der Waals surface area contributed by atoms with Crippen LogP contribution < -0.4 is 10.2 Å². The summed E-state index contributed by atoms with van der Waals surface area (Å²) in [6, 6.07) is 5.98. The van der Waals surface area contributed by atoms with Crippen LogP contribution in [0.3, 0.4) is 0 Å². The van der Waals surface area contributed by atoms with Crippen LogP contribution in [0, 0.1) is 0 Å². The van der Waals surface area contributed by atoms with Crippen molar-refractivity contribution in [2.75, 3.05) is 23.3 Å². The Kier molecular flexibility index (Phi) is 4.24. The largest absolute Gasteiger partial charge is 0.433 e. The summed E-state index contributed by atoms with van der Waals surface area (Å²) in [7, 11) is 0. The number of nitrogens with one attached hydrogen (secondary N) is 1.